The van der Waals surface area contributed by atoms with E-state index < -0.39 is 11.8 Å². The van der Waals surface area contributed by atoms with E-state index in [1.54, 1.807) is 24.9 Å². The molecule has 0 atom stereocenters. The highest BCUT2D eigenvalue weighted by Gasteiger charge is 2.24. The predicted octanol–water partition coefficient (Wildman–Crippen LogP) is 1.85. The fourth-order valence-corrected chi connectivity index (χ4v) is 2.23. The number of ether oxygens (including phenoxy) is 2. The van der Waals surface area contributed by atoms with Crippen molar-refractivity contribution in [2.75, 3.05) is 14.2 Å². The van der Waals surface area contributed by atoms with Crippen LogP contribution in [0, 0.1) is 6.92 Å². The van der Waals surface area contributed by atoms with Crippen molar-refractivity contribution in [1.29, 1.82) is 0 Å². The first-order valence-electron chi connectivity index (χ1n) is 5.76. The Morgan fingerprint density at radius 1 is 1.21 bits per heavy atom. The molecule has 5 heteroatoms. The van der Waals surface area contributed by atoms with E-state index in [9.17, 15) is 9.59 Å². The van der Waals surface area contributed by atoms with Gasteiger partial charge in [0.25, 0.3) is 5.78 Å². The minimum atomic E-state index is -0.866. The average molecular weight is 261 g/mol. The number of aryl methyl sites for hydroxylation is 2. The molecule has 2 aromatic rings. The van der Waals surface area contributed by atoms with Crippen LogP contribution in [0.3, 0.4) is 0 Å². The first-order chi connectivity index (χ1) is 9.01. The van der Waals surface area contributed by atoms with Crippen LogP contribution < -0.4 is 4.74 Å². The molecular formula is C14H15NO4. The van der Waals surface area contributed by atoms with Gasteiger partial charge in [-0.2, -0.15) is 0 Å². The third kappa shape index (κ3) is 1.97. The van der Waals surface area contributed by atoms with Crippen molar-refractivity contribution < 1.29 is 19.1 Å². The monoisotopic (exact) mass is 261 g/mol. The standard InChI is InChI=1S/C14H15NO4/c1-8-5-6-10(18-3)12-11(8)9(7-15(12)2)13(16)14(17)19-4/h5-7H,1-4H3. The van der Waals surface area contributed by atoms with Crippen molar-refractivity contribution >= 4 is 22.7 Å². The molecule has 100 valence electrons. The van der Waals surface area contributed by atoms with Gasteiger partial charge in [-0.3, -0.25) is 4.79 Å². The van der Waals surface area contributed by atoms with Gasteiger partial charge in [0.05, 0.1) is 25.3 Å². The molecule has 0 aliphatic carbocycles. The predicted molar refractivity (Wildman–Crippen MR) is 70.6 cm³/mol. The van der Waals surface area contributed by atoms with E-state index in [1.807, 2.05) is 19.1 Å². The molecule has 0 N–H and O–H groups in total. The van der Waals surface area contributed by atoms with Crippen molar-refractivity contribution in [2.45, 2.75) is 6.92 Å². The molecule has 2 rings (SSSR count). The first kappa shape index (κ1) is 13.1. The van der Waals surface area contributed by atoms with Crippen LogP contribution in [-0.2, 0) is 16.6 Å². The number of nitrogens with zero attached hydrogens (tertiary/aromatic N) is 1. The van der Waals surface area contributed by atoms with Gasteiger partial charge in [0.2, 0.25) is 0 Å². The third-order valence-corrected chi connectivity index (χ3v) is 3.13. The van der Waals surface area contributed by atoms with Gasteiger partial charge in [-0.15, -0.1) is 0 Å². The normalized spacial score (nSPS) is 10.5. The summed E-state index contributed by atoms with van der Waals surface area (Å²) in [5, 5.41) is 0.720. The maximum absolute atomic E-state index is 12.0. The lowest BCUT2D eigenvalue weighted by atomic mass is 10.0. The van der Waals surface area contributed by atoms with Gasteiger partial charge in [0, 0.05) is 18.6 Å². The Bertz CT molecular complexity index is 670. The van der Waals surface area contributed by atoms with Gasteiger partial charge >= 0.3 is 5.97 Å². The van der Waals surface area contributed by atoms with E-state index in [0.29, 0.717) is 11.3 Å². The highest BCUT2D eigenvalue weighted by atomic mass is 16.5. The number of esters is 1. The zero-order valence-electron chi connectivity index (χ0n) is 11.3. The molecule has 0 fully saturated rings. The summed E-state index contributed by atoms with van der Waals surface area (Å²) in [4.78, 5) is 23.4. The molecule has 19 heavy (non-hydrogen) atoms. The van der Waals surface area contributed by atoms with Gasteiger partial charge in [0.15, 0.2) is 0 Å². The molecule has 0 amide bonds. The van der Waals surface area contributed by atoms with Crippen LogP contribution in [0.2, 0.25) is 0 Å². The summed E-state index contributed by atoms with van der Waals surface area (Å²) in [6, 6.07) is 3.69. The number of carbonyl (C=O) groups is 2. The van der Waals surface area contributed by atoms with Crippen molar-refractivity contribution in [3.63, 3.8) is 0 Å². The SMILES string of the molecule is COC(=O)C(=O)c1cn(C)c2c(OC)ccc(C)c12. The summed E-state index contributed by atoms with van der Waals surface area (Å²) in [6.07, 6.45) is 1.62. The summed E-state index contributed by atoms with van der Waals surface area (Å²) in [6.45, 7) is 1.88. The topological polar surface area (TPSA) is 57.5 Å². The molecular weight excluding hydrogens is 246 g/mol. The molecule has 0 saturated heterocycles. The van der Waals surface area contributed by atoms with Gasteiger partial charge < -0.3 is 14.0 Å². The highest BCUT2D eigenvalue weighted by molar-refractivity contribution is 6.43. The molecule has 0 aliphatic heterocycles. The summed E-state index contributed by atoms with van der Waals surface area (Å²) in [5.41, 5.74) is 2.03. The van der Waals surface area contributed by atoms with Crippen LogP contribution in [0.15, 0.2) is 18.3 Å². The third-order valence-electron chi connectivity index (χ3n) is 3.13. The molecule has 5 nitrogen and oxygen atoms in total. The second kappa shape index (κ2) is 4.76. The van der Waals surface area contributed by atoms with Crippen molar-refractivity contribution in [3.05, 3.63) is 29.5 Å². The first-order valence-corrected chi connectivity index (χ1v) is 5.76. The minimum Gasteiger partial charge on any atom is -0.495 e. The molecule has 0 unspecified atom stereocenters. The van der Waals surface area contributed by atoms with Gasteiger partial charge in [-0.1, -0.05) is 6.07 Å². The summed E-state index contributed by atoms with van der Waals surface area (Å²) in [5.74, 6) is -0.855. The average Bonchev–Trinajstić information content (AvgIpc) is 2.77. The van der Waals surface area contributed by atoms with E-state index >= 15 is 0 Å². The van der Waals surface area contributed by atoms with E-state index in [1.165, 1.54) is 7.11 Å². The van der Waals surface area contributed by atoms with Crippen LogP contribution in [0.25, 0.3) is 10.9 Å². The Kier molecular flexibility index (Phi) is 3.29. The fourth-order valence-electron chi connectivity index (χ4n) is 2.23. The highest BCUT2D eigenvalue weighted by Crippen LogP contribution is 2.32. The van der Waals surface area contributed by atoms with Crippen LogP contribution in [0.1, 0.15) is 15.9 Å². The van der Waals surface area contributed by atoms with Crippen LogP contribution in [-0.4, -0.2) is 30.5 Å². The smallest absolute Gasteiger partial charge is 0.379 e. The molecule has 1 heterocycles. The minimum absolute atomic E-state index is 0.334. The summed E-state index contributed by atoms with van der Waals surface area (Å²) >= 11 is 0. The van der Waals surface area contributed by atoms with Crippen molar-refractivity contribution in [1.82, 2.24) is 4.57 Å². The number of carbonyl (C=O) groups excluding carboxylic acids is 2. The molecule has 0 bridgehead atoms. The number of rotatable bonds is 3. The van der Waals surface area contributed by atoms with E-state index in [4.69, 9.17) is 4.74 Å². The van der Waals surface area contributed by atoms with Gasteiger partial charge in [-0.05, 0) is 18.6 Å². The number of Topliss-reactive ketones (excluding diaryl/α,β-unsaturated/α-hetero) is 1. The van der Waals surface area contributed by atoms with Gasteiger partial charge in [0.1, 0.15) is 5.75 Å². The number of ketones is 1. The Labute approximate surface area is 110 Å². The van der Waals surface area contributed by atoms with Crippen LogP contribution in [0.5, 0.6) is 5.75 Å². The Hall–Kier alpha value is -2.30. The number of hydrogen-bond acceptors (Lipinski definition) is 4. The maximum atomic E-state index is 12.0. The largest absolute Gasteiger partial charge is 0.495 e. The lowest BCUT2D eigenvalue weighted by Gasteiger charge is -2.06. The van der Waals surface area contributed by atoms with E-state index in [-0.39, 0.29) is 0 Å². The van der Waals surface area contributed by atoms with Crippen molar-refractivity contribution in [3.8, 4) is 5.75 Å². The lowest BCUT2D eigenvalue weighted by Crippen LogP contribution is -2.15. The second-order valence-corrected chi connectivity index (χ2v) is 4.28. The Morgan fingerprint density at radius 2 is 1.89 bits per heavy atom. The maximum Gasteiger partial charge on any atom is 0.379 e. The van der Waals surface area contributed by atoms with Gasteiger partial charge in [-0.25, -0.2) is 4.79 Å². The second-order valence-electron chi connectivity index (χ2n) is 4.28. The molecule has 0 aliphatic rings. The zero-order valence-corrected chi connectivity index (χ0v) is 11.3. The number of fused-ring (bicyclic) bond motifs is 1. The lowest BCUT2D eigenvalue weighted by molar-refractivity contribution is -0.135. The molecule has 1 aromatic carbocycles. The molecule has 0 radical (unpaired) electrons. The quantitative estimate of drug-likeness (QED) is 0.480. The molecule has 0 spiro atoms. The molecule has 1 aromatic heterocycles. The number of aromatic nitrogens is 1. The fraction of sp³-hybridized carbons (Fsp3) is 0.286. The van der Waals surface area contributed by atoms with E-state index in [0.717, 1.165) is 16.5 Å². The Morgan fingerprint density at radius 3 is 2.47 bits per heavy atom. The number of benzene rings is 1. The zero-order chi connectivity index (χ0) is 14.2. The summed E-state index contributed by atoms with van der Waals surface area (Å²) in [7, 11) is 4.57. The van der Waals surface area contributed by atoms with Crippen LogP contribution >= 0.6 is 0 Å². The van der Waals surface area contributed by atoms with Crippen molar-refractivity contribution in [2.24, 2.45) is 7.05 Å². The number of methoxy groups -OCH3 is 2. The summed E-state index contributed by atoms with van der Waals surface area (Å²) < 4.78 is 11.6. The van der Waals surface area contributed by atoms with Crippen LogP contribution in [0.4, 0.5) is 0 Å². The Balaban J connectivity index is 2.78. The molecule has 0 saturated carbocycles. The number of hydrogen-bond donors (Lipinski definition) is 0. The van der Waals surface area contributed by atoms with E-state index in [2.05, 4.69) is 4.74 Å².